The van der Waals surface area contributed by atoms with Crippen molar-refractivity contribution < 1.29 is 43.3 Å². The number of nitrogens with zero attached hydrogens (tertiary/aromatic N) is 5. The summed E-state index contributed by atoms with van der Waals surface area (Å²) in [6.07, 6.45) is 5.02. The number of aromatic nitrogens is 2. The number of methoxy groups -OCH3 is 2. The fourth-order valence-electron chi connectivity index (χ4n) is 9.80. The average molecular weight is 894 g/mol. The van der Waals surface area contributed by atoms with Gasteiger partial charge in [-0.25, -0.2) is 10.2 Å². The van der Waals surface area contributed by atoms with Gasteiger partial charge in [0.2, 0.25) is 11.8 Å². The van der Waals surface area contributed by atoms with Crippen molar-refractivity contribution in [2.24, 2.45) is 17.3 Å². The summed E-state index contributed by atoms with van der Waals surface area (Å²) in [6.45, 7) is 11.9. The summed E-state index contributed by atoms with van der Waals surface area (Å²) in [6, 6.07) is 10.4. The van der Waals surface area contributed by atoms with Gasteiger partial charge < -0.3 is 39.0 Å². The van der Waals surface area contributed by atoms with E-state index in [-0.39, 0.29) is 43.7 Å². The summed E-state index contributed by atoms with van der Waals surface area (Å²) in [5, 5.41) is 16.7. The summed E-state index contributed by atoms with van der Waals surface area (Å²) >= 11 is 0. The standard InChI is InChI=1S/C49H63N7O9/c1-9-55-41-13-12-31-23-36(41)37(43(55)38-25-50-16-14-33(38)27-63-7)24-49(4,5)28-65-47(61)39-11-10-17-56(52-39)46(60)40(21-30-19-34(31)22-35(57)20-30)51-44(58)42(29(2)3)53(6)45(59)32-15-18-54(26-32)48(62)64-8/h12-14,16,19-20,22-23,25,29,32,39-40,42,52,57H,9-11,15,17-18,21,24,26-28H2,1-8H3,(H,51,58)/t32-,39-,40-,42?/m0/s1. The molecule has 0 spiro atoms. The quantitative estimate of drug-likeness (QED) is 0.181. The minimum absolute atomic E-state index is 0.0141. The average Bonchev–Trinajstić information content (AvgIpc) is 3.90. The smallest absolute Gasteiger partial charge is 0.409 e. The van der Waals surface area contributed by atoms with Crippen molar-refractivity contribution in [3.8, 4) is 28.1 Å². The van der Waals surface area contributed by atoms with Gasteiger partial charge in [-0.15, -0.1) is 0 Å². The van der Waals surface area contributed by atoms with Gasteiger partial charge in [0.15, 0.2) is 0 Å². The number of aromatic hydroxyl groups is 1. The highest BCUT2D eigenvalue weighted by Gasteiger charge is 2.40. The first-order chi connectivity index (χ1) is 31.0. The lowest BCUT2D eigenvalue weighted by molar-refractivity contribution is -0.155. The summed E-state index contributed by atoms with van der Waals surface area (Å²) in [4.78, 5) is 76.5. The molecule has 348 valence electrons. The number of benzene rings is 2. The number of hydrogen-bond donors (Lipinski definition) is 3. The highest BCUT2D eigenvalue weighted by molar-refractivity contribution is 5.96. The number of pyridine rings is 1. The molecule has 0 saturated carbocycles. The third kappa shape index (κ3) is 9.98. The van der Waals surface area contributed by atoms with Crippen LogP contribution in [0.2, 0.25) is 0 Å². The molecule has 7 rings (SSSR count). The SMILES string of the molecule is CCn1c(-c2cnccc2COC)c2c3cc(ccc31)-c1cc(O)cc(c1)C[C@H](NC(=O)C(C(C)C)N(C)C(=O)[C@H]1CCN(C(=O)OC)C1)C(=O)N1CCC[C@H](N1)C(=O)OCC(C)(C)C2. The molecule has 0 aliphatic carbocycles. The Morgan fingerprint density at radius 2 is 1.85 bits per heavy atom. The van der Waals surface area contributed by atoms with Crippen LogP contribution < -0.4 is 10.7 Å². The second kappa shape index (κ2) is 19.6. The Labute approximate surface area is 380 Å². The van der Waals surface area contributed by atoms with Crippen LogP contribution in [0.25, 0.3) is 33.3 Å². The summed E-state index contributed by atoms with van der Waals surface area (Å²) < 4.78 is 18.9. The molecule has 5 heterocycles. The monoisotopic (exact) mass is 893 g/mol. The minimum atomic E-state index is -1.17. The van der Waals surface area contributed by atoms with Gasteiger partial charge in [-0.1, -0.05) is 39.8 Å². The number of nitrogens with one attached hydrogen (secondary N) is 2. The molecule has 3 aliphatic heterocycles. The van der Waals surface area contributed by atoms with E-state index < -0.39 is 53.3 Å². The number of aryl methyl sites for hydroxylation is 1. The van der Waals surface area contributed by atoms with Crippen LogP contribution in [-0.4, -0.2) is 125 Å². The number of ether oxygens (including phenoxy) is 3. The topological polar surface area (TPSA) is 185 Å². The van der Waals surface area contributed by atoms with Crippen molar-refractivity contribution in [1.82, 2.24) is 35.1 Å². The van der Waals surface area contributed by atoms with Crippen molar-refractivity contribution in [2.45, 2.75) is 98.0 Å². The van der Waals surface area contributed by atoms with E-state index in [1.807, 2.05) is 38.2 Å². The largest absolute Gasteiger partial charge is 0.508 e. The number of cyclic esters (lactones) is 1. The maximum Gasteiger partial charge on any atom is 0.409 e. The lowest BCUT2D eigenvalue weighted by atomic mass is 9.84. The normalized spacial score (nSPS) is 20.6. The lowest BCUT2D eigenvalue weighted by Gasteiger charge is -2.37. The van der Waals surface area contributed by atoms with Gasteiger partial charge in [-0.05, 0) is 96.7 Å². The van der Waals surface area contributed by atoms with E-state index in [1.54, 1.807) is 32.5 Å². The zero-order valence-electron chi connectivity index (χ0n) is 38.8. The Kier molecular flexibility index (Phi) is 14.2. The molecule has 16 heteroatoms. The van der Waals surface area contributed by atoms with Crippen LogP contribution in [0.4, 0.5) is 4.79 Å². The fraction of sp³-hybridized carbons (Fsp3) is 0.510. The Bertz CT molecular complexity index is 2450. The predicted octanol–water partition coefficient (Wildman–Crippen LogP) is 5.46. The lowest BCUT2D eigenvalue weighted by Crippen LogP contribution is -2.62. The molecule has 0 radical (unpaired) electrons. The number of rotatable bonds is 9. The first-order valence-corrected chi connectivity index (χ1v) is 22.6. The molecule has 4 aromatic rings. The van der Waals surface area contributed by atoms with E-state index >= 15 is 0 Å². The van der Waals surface area contributed by atoms with Crippen LogP contribution in [0.1, 0.15) is 70.6 Å². The van der Waals surface area contributed by atoms with Gasteiger partial charge >= 0.3 is 12.1 Å². The number of fused-ring (bicyclic) bond motifs is 6. The number of carbonyl (C=O) groups excluding carboxylic acids is 5. The van der Waals surface area contributed by atoms with Crippen LogP contribution in [0.15, 0.2) is 54.9 Å². The molecule has 2 saturated heterocycles. The van der Waals surface area contributed by atoms with Gasteiger partial charge in [0.1, 0.15) is 23.9 Å². The number of phenols is 1. The maximum atomic E-state index is 14.7. The third-order valence-corrected chi connectivity index (χ3v) is 12.9. The third-order valence-electron chi connectivity index (χ3n) is 12.9. The molecule has 3 aliphatic rings. The van der Waals surface area contributed by atoms with Gasteiger partial charge in [0, 0.05) is 81.0 Å². The molecule has 16 nitrogen and oxygen atoms in total. The first-order valence-electron chi connectivity index (χ1n) is 22.6. The second-order valence-corrected chi connectivity index (χ2v) is 18.7. The fourth-order valence-corrected chi connectivity index (χ4v) is 9.80. The van der Waals surface area contributed by atoms with Crippen molar-refractivity contribution in [3.05, 3.63) is 71.5 Å². The zero-order valence-corrected chi connectivity index (χ0v) is 38.8. The number of hydrogen-bond acceptors (Lipinski definition) is 11. The molecule has 3 N–H and O–H groups in total. The number of esters is 1. The molecule has 2 aromatic carbocycles. The summed E-state index contributed by atoms with van der Waals surface area (Å²) in [5.74, 6) is -2.69. The van der Waals surface area contributed by atoms with Crippen LogP contribution in [-0.2, 0) is 59.4 Å². The number of phenolic OH excluding ortho intramolecular Hbond substituents is 1. The Hall–Kier alpha value is -6.00. The number of likely N-dealkylation sites (N-methyl/N-ethyl adjacent to an activating group) is 1. The molecule has 2 fully saturated rings. The first kappa shape index (κ1) is 47.0. The summed E-state index contributed by atoms with van der Waals surface area (Å²) in [7, 11) is 4.53. The van der Waals surface area contributed by atoms with E-state index in [1.165, 1.54) is 21.9 Å². The van der Waals surface area contributed by atoms with Gasteiger partial charge in [-0.3, -0.25) is 29.2 Å². The predicted molar refractivity (Wildman–Crippen MR) is 244 cm³/mol. The number of carbonyl (C=O) groups is 5. The Balaban J connectivity index is 1.30. The second-order valence-electron chi connectivity index (χ2n) is 18.7. The van der Waals surface area contributed by atoms with Crippen LogP contribution in [0.5, 0.6) is 5.75 Å². The zero-order chi connectivity index (χ0) is 46.7. The highest BCUT2D eigenvalue weighted by atomic mass is 16.5. The molecule has 4 atom stereocenters. The number of likely N-dealkylation sites (tertiary alicyclic amines) is 1. The molecule has 4 amide bonds. The minimum Gasteiger partial charge on any atom is -0.508 e. The molecule has 6 bridgehead atoms. The summed E-state index contributed by atoms with van der Waals surface area (Å²) in [5.41, 5.74) is 9.70. The molecular formula is C49H63N7O9. The van der Waals surface area contributed by atoms with E-state index in [4.69, 9.17) is 14.2 Å². The molecule has 2 aromatic heterocycles. The van der Waals surface area contributed by atoms with Crippen LogP contribution in [0.3, 0.4) is 0 Å². The van der Waals surface area contributed by atoms with E-state index in [0.29, 0.717) is 56.5 Å². The Morgan fingerprint density at radius 1 is 1.06 bits per heavy atom. The van der Waals surface area contributed by atoms with Gasteiger partial charge in [0.25, 0.3) is 5.91 Å². The molecule has 65 heavy (non-hydrogen) atoms. The molecule has 1 unspecified atom stereocenters. The van der Waals surface area contributed by atoms with Crippen LogP contribution in [0, 0.1) is 17.3 Å². The van der Waals surface area contributed by atoms with Crippen molar-refractivity contribution in [3.63, 3.8) is 0 Å². The van der Waals surface area contributed by atoms with E-state index in [9.17, 15) is 29.1 Å². The van der Waals surface area contributed by atoms with Crippen molar-refractivity contribution in [1.29, 1.82) is 0 Å². The molecular weight excluding hydrogens is 831 g/mol. The van der Waals surface area contributed by atoms with Crippen molar-refractivity contribution in [2.75, 3.05) is 47.5 Å². The van der Waals surface area contributed by atoms with E-state index in [0.717, 1.165) is 38.9 Å². The highest BCUT2D eigenvalue weighted by Crippen LogP contribution is 2.41. The van der Waals surface area contributed by atoms with E-state index in [2.05, 4.69) is 53.2 Å². The van der Waals surface area contributed by atoms with Gasteiger partial charge in [-0.2, -0.15) is 0 Å². The number of amides is 4. The van der Waals surface area contributed by atoms with Crippen molar-refractivity contribution >= 4 is 40.7 Å². The maximum absolute atomic E-state index is 14.7. The Morgan fingerprint density at radius 3 is 2.57 bits per heavy atom. The van der Waals surface area contributed by atoms with Crippen LogP contribution >= 0.6 is 0 Å². The van der Waals surface area contributed by atoms with Gasteiger partial charge in [0.05, 0.1) is 31.9 Å². The number of hydrazine groups is 1.